The Balaban J connectivity index is 1.84. The normalized spacial score (nSPS) is 23.3. The standard InChI is InChI=1S/C22H30BIO6S/c1-4-6-14(9-15-10-17(24)22(25)19(11-15)29-3)7-8-18-21-16(5-2)13-31(27,28)20(21)12-23(26)30-18/h9-11,18,20,25-26H,4-8,12-13H2,1-3H3/b14-9+/t18-,20+/m1/s1. The Bertz CT molecular complexity index is 988. The van der Waals surface area contributed by atoms with Crippen LogP contribution in [0.15, 0.2) is 28.9 Å². The molecule has 0 saturated carbocycles. The summed E-state index contributed by atoms with van der Waals surface area (Å²) in [6.07, 6.45) is 5.77. The smallest absolute Gasteiger partial charge is 0.456 e. The summed E-state index contributed by atoms with van der Waals surface area (Å²) in [5.74, 6) is 0.651. The van der Waals surface area contributed by atoms with E-state index in [1.54, 1.807) is 0 Å². The lowest BCUT2D eigenvalue weighted by atomic mass is 9.74. The highest BCUT2D eigenvalue weighted by Gasteiger charge is 2.47. The van der Waals surface area contributed by atoms with Gasteiger partial charge in [-0.05, 0) is 71.5 Å². The second-order valence-electron chi connectivity index (χ2n) is 8.17. The second-order valence-corrected chi connectivity index (χ2v) is 11.5. The van der Waals surface area contributed by atoms with Gasteiger partial charge in [-0.3, -0.25) is 0 Å². The lowest BCUT2D eigenvalue weighted by Crippen LogP contribution is -2.41. The highest BCUT2D eigenvalue weighted by atomic mass is 127. The van der Waals surface area contributed by atoms with E-state index in [-0.39, 0.29) is 23.9 Å². The summed E-state index contributed by atoms with van der Waals surface area (Å²) >= 11 is 2.08. The van der Waals surface area contributed by atoms with Crippen molar-refractivity contribution in [3.63, 3.8) is 0 Å². The minimum absolute atomic E-state index is 0.0828. The predicted molar refractivity (Wildman–Crippen MR) is 132 cm³/mol. The number of allylic oxidation sites excluding steroid dienone is 1. The highest BCUT2D eigenvalue weighted by Crippen LogP contribution is 2.41. The summed E-state index contributed by atoms with van der Waals surface area (Å²) in [5, 5.41) is 19.6. The summed E-state index contributed by atoms with van der Waals surface area (Å²) in [7, 11) is -2.77. The molecule has 2 aliphatic rings. The largest absolute Gasteiger partial charge is 0.504 e. The van der Waals surface area contributed by atoms with E-state index in [2.05, 4.69) is 35.6 Å². The van der Waals surface area contributed by atoms with Crippen molar-refractivity contribution in [2.75, 3.05) is 12.9 Å². The minimum Gasteiger partial charge on any atom is -0.504 e. The highest BCUT2D eigenvalue weighted by molar-refractivity contribution is 14.1. The van der Waals surface area contributed by atoms with Gasteiger partial charge < -0.3 is 19.5 Å². The molecule has 2 N–H and O–H groups in total. The van der Waals surface area contributed by atoms with Gasteiger partial charge in [-0.1, -0.05) is 37.5 Å². The third kappa shape index (κ3) is 5.49. The van der Waals surface area contributed by atoms with Gasteiger partial charge in [0.25, 0.3) is 0 Å². The number of methoxy groups -OCH3 is 1. The SMILES string of the molecule is CCC/C(=C\c1cc(I)c(O)c(OC)c1)CC[C@H]1OB(O)C[C@H]2C1=C(CC)CS2(=O)=O. The summed E-state index contributed by atoms with van der Waals surface area (Å²) in [4.78, 5) is 0. The zero-order valence-corrected chi connectivity index (χ0v) is 21.2. The summed E-state index contributed by atoms with van der Waals surface area (Å²) in [5.41, 5.74) is 3.98. The lowest BCUT2D eigenvalue weighted by molar-refractivity contribution is 0.169. The third-order valence-corrected chi connectivity index (χ3v) is 8.90. The molecule has 1 aromatic carbocycles. The van der Waals surface area contributed by atoms with Crippen molar-refractivity contribution in [3.8, 4) is 11.5 Å². The molecule has 1 saturated heterocycles. The van der Waals surface area contributed by atoms with E-state index in [4.69, 9.17) is 9.39 Å². The van der Waals surface area contributed by atoms with Crippen molar-refractivity contribution in [1.82, 2.24) is 0 Å². The van der Waals surface area contributed by atoms with E-state index < -0.39 is 22.2 Å². The molecule has 2 atom stereocenters. The van der Waals surface area contributed by atoms with E-state index in [0.29, 0.717) is 18.6 Å². The Kier molecular flexibility index (Phi) is 8.15. The van der Waals surface area contributed by atoms with Crippen LogP contribution in [0.1, 0.15) is 51.5 Å². The van der Waals surface area contributed by atoms with Crippen LogP contribution >= 0.6 is 22.6 Å². The van der Waals surface area contributed by atoms with Gasteiger partial charge in [0.1, 0.15) is 0 Å². The number of hydrogen-bond donors (Lipinski definition) is 2. The molecule has 2 aliphatic heterocycles. The maximum atomic E-state index is 12.6. The van der Waals surface area contributed by atoms with Crippen molar-refractivity contribution in [3.05, 3.63) is 38.0 Å². The van der Waals surface area contributed by atoms with Gasteiger partial charge in [0, 0.05) is 6.32 Å². The van der Waals surface area contributed by atoms with Gasteiger partial charge >= 0.3 is 7.12 Å². The van der Waals surface area contributed by atoms with Crippen LogP contribution < -0.4 is 4.74 Å². The van der Waals surface area contributed by atoms with Crippen molar-refractivity contribution in [2.45, 2.75) is 63.6 Å². The fourth-order valence-electron chi connectivity index (χ4n) is 4.56. The Hall–Kier alpha value is -1.04. The maximum Gasteiger partial charge on any atom is 0.456 e. The molecule has 31 heavy (non-hydrogen) atoms. The van der Waals surface area contributed by atoms with Crippen molar-refractivity contribution in [2.24, 2.45) is 0 Å². The average molecular weight is 560 g/mol. The third-order valence-electron chi connectivity index (χ3n) is 6.01. The minimum atomic E-state index is -3.26. The Labute approximate surface area is 198 Å². The number of hydrogen-bond acceptors (Lipinski definition) is 6. The van der Waals surface area contributed by atoms with Crippen LogP contribution in [0, 0.1) is 3.57 Å². The molecule has 0 aromatic heterocycles. The molecule has 1 aromatic rings. The Morgan fingerprint density at radius 3 is 2.74 bits per heavy atom. The van der Waals surface area contributed by atoms with Crippen LogP contribution in [0.25, 0.3) is 6.08 Å². The van der Waals surface area contributed by atoms with Crippen LogP contribution in [-0.2, 0) is 14.5 Å². The topological polar surface area (TPSA) is 93.1 Å². The molecule has 0 bridgehead atoms. The molecular formula is C22H30BIO6S. The number of sulfone groups is 1. The molecule has 0 aliphatic carbocycles. The molecule has 2 heterocycles. The quantitative estimate of drug-likeness (QED) is 0.279. The summed E-state index contributed by atoms with van der Waals surface area (Å²) in [6, 6.07) is 3.72. The fourth-order valence-corrected chi connectivity index (χ4v) is 7.41. The molecule has 9 heteroatoms. The van der Waals surface area contributed by atoms with Crippen molar-refractivity contribution < 1.29 is 27.9 Å². The number of benzene rings is 1. The van der Waals surface area contributed by atoms with E-state index in [9.17, 15) is 18.5 Å². The summed E-state index contributed by atoms with van der Waals surface area (Å²) in [6.45, 7) is 4.09. The van der Waals surface area contributed by atoms with Gasteiger partial charge in [0.15, 0.2) is 21.3 Å². The molecule has 0 amide bonds. The predicted octanol–water partition coefficient (Wildman–Crippen LogP) is 4.35. The molecule has 0 spiro atoms. The lowest BCUT2D eigenvalue weighted by Gasteiger charge is -2.32. The zero-order chi connectivity index (χ0) is 22.8. The molecule has 6 nitrogen and oxygen atoms in total. The first-order valence-corrected chi connectivity index (χ1v) is 13.5. The monoisotopic (exact) mass is 560 g/mol. The van der Waals surface area contributed by atoms with Crippen LogP contribution in [0.3, 0.4) is 0 Å². The molecule has 170 valence electrons. The number of rotatable bonds is 8. The van der Waals surface area contributed by atoms with Crippen LogP contribution in [0.4, 0.5) is 0 Å². The van der Waals surface area contributed by atoms with Gasteiger partial charge in [-0.25, -0.2) is 8.42 Å². The Morgan fingerprint density at radius 2 is 2.10 bits per heavy atom. The first kappa shape index (κ1) is 24.6. The van der Waals surface area contributed by atoms with Crippen molar-refractivity contribution in [1.29, 1.82) is 0 Å². The first-order valence-electron chi connectivity index (χ1n) is 10.7. The second kappa shape index (κ2) is 10.3. The number of ether oxygens (including phenoxy) is 1. The van der Waals surface area contributed by atoms with Gasteiger partial charge in [0.05, 0.1) is 27.8 Å². The van der Waals surface area contributed by atoms with Crippen LogP contribution in [0.2, 0.25) is 6.32 Å². The van der Waals surface area contributed by atoms with E-state index >= 15 is 0 Å². The molecule has 0 radical (unpaired) electrons. The number of phenolic OH excluding ortho intramolecular Hbond substituents is 1. The number of fused-ring (bicyclic) bond motifs is 1. The maximum absolute atomic E-state index is 12.6. The van der Waals surface area contributed by atoms with Gasteiger partial charge in [0.2, 0.25) is 0 Å². The van der Waals surface area contributed by atoms with E-state index in [0.717, 1.165) is 39.5 Å². The molecule has 1 fully saturated rings. The fraction of sp³-hybridized carbons (Fsp3) is 0.545. The molecular weight excluding hydrogens is 530 g/mol. The number of aromatic hydroxyl groups is 1. The average Bonchev–Trinajstić information content (AvgIpc) is 2.98. The van der Waals surface area contributed by atoms with E-state index in [1.165, 1.54) is 12.7 Å². The van der Waals surface area contributed by atoms with E-state index in [1.807, 2.05) is 19.1 Å². The number of phenols is 1. The van der Waals surface area contributed by atoms with Crippen molar-refractivity contribution >= 4 is 45.6 Å². The van der Waals surface area contributed by atoms with Crippen LogP contribution in [0.5, 0.6) is 11.5 Å². The zero-order valence-electron chi connectivity index (χ0n) is 18.2. The first-order chi connectivity index (χ1) is 14.7. The molecule has 0 unspecified atom stereocenters. The summed E-state index contributed by atoms with van der Waals surface area (Å²) < 4.78 is 37.0. The van der Waals surface area contributed by atoms with Crippen LogP contribution in [-0.4, -0.2) is 49.9 Å². The van der Waals surface area contributed by atoms with Gasteiger partial charge in [-0.15, -0.1) is 0 Å². The van der Waals surface area contributed by atoms with Gasteiger partial charge in [-0.2, -0.15) is 0 Å². The Morgan fingerprint density at radius 1 is 1.35 bits per heavy atom. The molecule has 3 rings (SSSR count). The number of halogens is 1.